The zero-order valence-electron chi connectivity index (χ0n) is 11.3. The number of benzene rings is 1. The second-order valence-corrected chi connectivity index (χ2v) is 5.25. The van der Waals surface area contributed by atoms with Crippen LogP contribution in [-0.4, -0.2) is 17.7 Å². The summed E-state index contributed by atoms with van der Waals surface area (Å²) in [4.78, 5) is 0. The van der Waals surface area contributed by atoms with Gasteiger partial charge < -0.3 is 10.4 Å². The molecule has 0 bridgehead atoms. The third-order valence-corrected chi connectivity index (χ3v) is 3.51. The lowest BCUT2D eigenvalue weighted by Gasteiger charge is -2.18. The Morgan fingerprint density at radius 1 is 1.28 bits per heavy atom. The Morgan fingerprint density at radius 2 is 2.00 bits per heavy atom. The lowest BCUT2D eigenvalue weighted by Crippen LogP contribution is -2.30. The second kappa shape index (κ2) is 8.52. The Kier molecular flexibility index (Phi) is 7.33. The molecule has 1 rings (SSSR count). The zero-order valence-corrected chi connectivity index (χ0v) is 12.1. The normalized spacial score (nSPS) is 14.4. The molecule has 18 heavy (non-hydrogen) atoms. The molecule has 1 aromatic carbocycles. The molecule has 0 aliphatic carbocycles. The van der Waals surface area contributed by atoms with E-state index in [4.69, 9.17) is 11.6 Å². The molecule has 0 heterocycles. The fraction of sp³-hybridized carbons (Fsp3) is 0.600. The summed E-state index contributed by atoms with van der Waals surface area (Å²) in [7, 11) is 0. The van der Waals surface area contributed by atoms with Crippen LogP contribution >= 0.6 is 11.6 Å². The quantitative estimate of drug-likeness (QED) is 0.701. The van der Waals surface area contributed by atoms with Crippen molar-refractivity contribution in [3.8, 4) is 0 Å². The van der Waals surface area contributed by atoms with Crippen molar-refractivity contribution < 1.29 is 5.11 Å². The zero-order chi connectivity index (χ0) is 13.4. The maximum atomic E-state index is 10.1. The molecular formula is C15H24ClNO. The second-order valence-electron chi connectivity index (χ2n) is 4.84. The molecule has 2 nitrogen and oxygen atoms in total. The summed E-state index contributed by atoms with van der Waals surface area (Å²) in [6.07, 6.45) is 4.39. The van der Waals surface area contributed by atoms with Gasteiger partial charge in [-0.1, -0.05) is 56.0 Å². The largest absolute Gasteiger partial charge is 0.387 e. The maximum Gasteiger partial charge on any atom is 0.0928 e. The maximum absolute atomic E-state index is 10.1. The van der Waals surface area contributed by atoms with Gasteiger partial charge in [-0.3, -0.25) is 0 Å². The topological polar surface area (TPSA) is 32.3 Å². The van der Waals surface area contributed by atoms with Crippen molar-refractivity contribution in [1.82, 2.24) is 5.32 Å². The number of nitrogens with one attached hydrogen (secondary N) is 1. The van der Waals surface area contributed by atoms with Gasteiger partial charge in [0, 0.05) is 23.2 Å². The monoisotopic (exact) mass is 269 g/mol. The van der Waals surface area contributed by atoms with E-state index in [9.17, 15) is 5.11 Å². The van der Waals surface area contributed by atoms with Crippen LogP contribution in [0.2, 0.25) is 5.02 Å². The number of halogens is 1. The number of rotatable bonds is 8. The number of hydrogen-bond donors (Lipinski definition) is 2. The molecule has 0 fully saturated rings. The summed E-state index contributed by atoms with van der Waals surface area (Å²) < 4.78 is 0. The summed E-state index contributed by atoms with van der Waals surface area (Å²) in [5.41, 5.74) is 0.799. The average molecular weight is 270 g/mol. The third kappa shape index (κ3) is 5.38. The summed E-state index contributed by atoms with van der Waals surface area (Å²) in [6, 6.07) is 7.89. The molecule has 0 aromatic heterocycles. The van der Waals surface area contributed by atoms with E-state index in [1.165, 1.54) is 19.3 Å². The molecule has 0 radical (unpaired) electrons. The first-order valence-electron chi connectivity index (χ1n) is 6.81. The molecule has 2 unspecified atom stereocenters. The molecule has 0 saturated carbocycles. The van der Waals surface area contributed by atoms with Crippen LogP contribution < -0.4 is 5.32 Å². The smallest absolute Gasteiger partial charge is 0.0928 e. The Morgan fingerprint density at radius 3 is 2.67 bits per heavy atom. The Labute approximate surface area is 115 Å². The lowest BCUT2D eigenvalue weighted by atomic mass is 10.1. The van der Waals surface area contributed by atoms with Crippen LogP contribution in [0.1, 0.15) is 51.2 Å². The Balaban J connectivity index is 2.32. The average Bonchev–Trinajstić information content (AvgIpc) is 2.37. The van der Waals surface area contributed by atoms with Crippen LogP contribution in [0.3, 0.4) is 0 Å². The standard InChI is InChI=1S/C15H24ClNO/c1-3-4-5-8-12(2)17-11-15(18)13-9-6-7-10-14(13)16/h6-7,9-10,12,15,17-18H,3-5,8,11H2,1-2H3. The molecule has 0 spiro atoms. The van der Waals surface area contributed by atoms with E-state index >= 15 is 0 Å². The van der Waals surface area contributed by atoms with Crippen LogP contribution in [0.25, 0.3) is 0 Å². The van der Waals surface area contributed by atoms with E-state index < -0.39 is 6.10 Å². The summed E-state index contributed by atoms with van der Waals surface area (Å²) in [5, 5.41) is 14.1. The molecule has 3 heteroatoms. The van der Waals surface area contributed by atoms with Gasteiger partial charge in [0.05, 0.1) is 6.10 Å². The molecule has 102 valence electrons. The predicted molar refractivity (Wildman–Crippen MR) is 78.0 cm³/mol. The van der Waals surface area contributed by atoms with Gasteiger partial charge in [0.1, 0.15) is 0 Å². The van der Waals surface area contributed by atoms with E-state index in [0.717, 1.165) is 12.0 Å². The molecule has 2 atom stereocenters. The van der Waals surface area contributed by atoms with Crippen LogP contribution in [-0.2, 0) is 0 Å². The highest BCUT2D eigenvalue weighted by molar-refractivity contribution is 6.31. The predicted octanol–water partition coefficient (Wildman–Crippen LogP) is 3.93. The highest BCUT2D eigenvalue weighted by Gasteiger charge is 2.11. The van der Waals surface area contributed by atoms with Crippen molar-refractivity contribution in [1.29, 1.82) is 0 Å². The van der Waals surface area contributed by atoms with E-state index in [-0.39, 0.29) is 0 Å². The number of hydrogen-bond acceptors (Lipinski definition) is 2. The van der Waals surface area contributed by atoms with Gasteiger partial charge >= 0.3 is 0 Å². The van der Waals surface area contributed by atoms with Crippen molar-refractivity contribution in [2.75, 3.05) is 6.54 Å². The summed E-state index contributed by atoms with van der Waals surface area (Å²) >= 11 is 6.05. The van der Waals surface area contributed by atoms with Gasteiger partial charge in [0.25, 0.3) is 0 Å². The van der Waals surface area contributed by atoms with Gasteiger partial charge in [-0.05, 0) is 19.4 Å². The minimum absolute atomic E-state index is 0.439. The highest BCUT2D eigenvalue weighted by Crippen LogP contribution is 2.22. The van der Waals surface area contributed by atoms with Crippen LogP contribution in [0.5, 0.6) is 0 Å². The SMILES string of the molecule is CCCCCC(C)NCC(O)c1ccccc1Cl. The molecule has 1 aromatic rings. The van der Waals surface area contributed by atoms with Crippen LogP contribution in [0.4, 0.5) is 0 Å². The third-order valence-electron chi connectivity index (χ3n) is 3.16. The number of unbranched alkanes of at least 4 members (excludes halogenated alkanes) is 2. The van der Waals surface area contributed by atoms with Crippen molar-refractivity contribution in [3.63, 3.8) is 0 Å². The van der Waals surface area contributed by atoms with Crippen molar-refractivity contribution in [3.05, 3.63) is 34.9 Å². The van der Waals surface area contributed by atoms with E-state index in [0.29, 0.717) is 17.6 Å². The molecule has 0 aliphatic heterocycles. The Hall–Kier alpha value is -0.570. The number of aliphatic hydroxyl groups excluding tert-OH is 1. The fourth-order valence-electron chi connectivity index (χ4n) is 1.97. The molecular weight excluding hydrogens is 246 g/mol. The first-order valence-corrected chi connectivity index (χ1v) is 7.18. The van der Waals surface area contributed by atoms with Crippen molar-refractivity contribution in [2.45, 2.75) is 51.7 Å². The lowest BCUT2D eigenvalue weighted by molar-refractivity contribution is 0.170. The van der Waals surface area contributed by atoms with Gasteiger partial charge in [-0.25, -0.2) is 0 Å². The van der Waals surface area contributed by atoms with Crippen molar-refractivity contribution >= 4 is 11.6 Å². The van der Waals surface area contributed by atoms with Crippen LogP contribution in [0.15, 0.2) is 24.3 Å². The van der Waals surface area contributed by atoms with Gasteiger partial charge in [-0.15, -0.1) is 0 Å². The molecule has 0 amide bonds. The summed E-state index contributed by atoms with van der Waals surface area (Å²) in [5.74, 6) is 0. The molecule has 2 N–H and O–H groups in total. The van der Waals surface area contributed by atoms with Gasteiger partial charge in [0.15, 0.2) is 0 Å². The fourth-order valence-corrected chi connectivity index (χ4v) is 2.23. The number of aliphatic hydroxyl groups is 1. The first kappa shape index (κ1) is 15.5. The van der Waals surface area contributed by atoms with E-state index in [1.54, 1.807) is 0 Å². The van der Waals surface area contributed by atoms with E-state index in [2.05, 4.69) is 19.2 Å². The minimum atomic E-state index is -0.535. The Bertz CT molecular complexity index is 343. The van der Waals surface area contributed by atoms with Gasteiger partial charge in [0.2, 0.25) is 0 Å². The van der Waals surface area contributed by atoms with Gasteiger partial charge in [-0.2, -0.15) is 0 Å². The first-order chi connectivity index (χ1) is 8.65. The minimum Gasteiger partial charge on any atom is -0.387 e. The molecule has 0 aliphatic rings. The van der Waals surface area contributed by atoms with E-state index in [1.807, 2.05) is 24.3 Å². The van der Waals surface area contributed by atoms with Crippen LogP contribution in [0, 0.1) is 0 Å². The highest BCUT2D eigenvalue weighted by atomic mass is 35.5. The van der Waals surface area contributed by atoms with Crippen molar-refractivity contribution in [2.24, 2.45) is 0 Å². The summed E-state index contributed by atoms with van der Waals surface area (Å²) in [6.45, 7) is 4.92. The molecule has 0 saturated heterocycles.